The lowest BCUT2D eigenvalue weighted by molar-refractivity contribution is -0.138. The molecule has 10 nitrogen and oxygen atoms in total. The first-order chi connectivity index (χ1) is 25.6. The lowest BCUT2D eigenvalue weighted by atomic mass is 10.0. The van der Waals surface area contributed by atoms with Crippen molar-refractivity contribution in [2.45, 2.75) is 84.2 Å². The summed E-state index contributed by atoms with van der Waals surface area (Å²) in [5.74, 6) is -1.77. The summed E-state index contributed by atoms with van der Waals surface area (Å²) in [7, 11) is 0.495. The number of nitrogens with one attached hydrogen (secondary N) is 1. The Bertz CT molecular complexity index is 1830. The van der Waals surface area contributed by atoms with E-state index in [1.165, 1.54) is 12.1 Å². The van der Waals surface area contributed by atoms with Gasteiger partial charge in [-0.1, -0.05) is 31.8 Å². The Morgan fingerprint density at radius 3 is 2.11 bits per heavy atom. The first kappa shape index (κ1) is 41.8. The van der Waals surface area contributed by atoms with Crippen molar-refractivity contribution < 1.29 is 36.6 Å². The Morgan fingerprint density at radius 1 is 0.927 bits per heavy atom. The van der Waals surface area contributed by atoms with Crippen LogP contribution < -0.4 is 19.9 Å². The minimum absolute atomic E-state index is 0.0862. The van der Waals surface area contributed by atoms with Crippen LogP contribution in [0.5, 0.6) is 5.88 Å². The first-order valence-corrected chi connectivity index (χ1v) is 22.5. The highest BCUT2D eigenvalue weighted by molar-refractivity contribution is 6.76. The van der Waals surface area contributed by atoms with Crippen molar-refractivity contribution in [1.29, 1.82) is 0 Å². The number of carbonyl (C=O) groups excluding carboxylic acids is 2. The van der Waals surface area contributed by atoms with E-state index in [9.17, 15) is 22.8 Å². The van der Waals surface area contributed by atoms with Gasteiger partial charge in [-0.15, -0.1) is 0 Å². The van der Waals surface area contributed by atoms with Crippen LogP contribution in [0, 0.1) is 5.82 Å². The van der Waals surface area contributed by atoms with E-state index in [0.717, 1.165) is 24.0 Å². The van der Waals surface area contributed by atoms with Gasteiger partial charge in [0.1, 0.15) is 11.4 Å². The van der Waals surface area contributed by atoms with Crippen LogP contribution in [0.2, 0.25) is 25.7 Å². The van der Waals surface area contributed by atoms with Crippen LogP contribution in [0.15, 0.2) is 48.7 Å². The van der Waals surface area contributed by atoms with Crippen LogP contribution in [0.3, 0.4) is 0 Å². The zero-order valence-electron chi connectivity index (χ0n) is 33.3. The predicted molar refractivity (Wildman–Crippen MR) is 212 cm³/mol. The van der Waals surface area contributed by atoms with E-state index in [-0.39, 0.29) is 41.9 Å². The van der Waals surface area contributed by atoms with Gasteiger partial charge < -0.3 is 29.5 Å². The summed E-state index contributed by atoms with van der Waals surface area (Å²) in [5, 5.41) is 2.70. The van der Waals surface area contributed by atoms with Crippen LogP contribution in [0.25, 0.3) is 11.1 Å². The van der Waals surface area contributed by atoms with Gasteiger partial charge in [0.2, 0.25) is 5.88 Å². The highest BCUT2D eigenvalue weighted by Gasteiger charge is 2.37. The molecule has 0 radical (unpaired) electrons. The fourth-order valence-electron chi connectivity index (χ4n) is 6.65. The monoisotopic (exact) mass is 786 g/mol. The number of alkyl halides is 3. The molecule has 2 saturated heterocycles. The fraction of sp³-hybridized carbons (Fsp3) is 0.525. The van der Waals surface area contributed by atoms with Gasteiger partial charge in [-0.3, -0.25) is 9.69 Å². The smallest absolute Gasteiger partial charge is 0.417 e. The molecule has 3 heterocycles. The number of rotatable bonds is 9. The van der Waals surface area contributed by atoms with Crippen molar-refractivity contribution in [2.75, 3.05) is 68.0 Å². The van der Waals surface area contributed by atoms with Crippen LogP contribution in [-0.4, -0.2) is 105 Å². The molecule has 15 heteroatoms. The molecule has 2 aromatic carbocycles. The second-order valence-electron chi connectivity index (χ2n) is 16.8. The SMILES string of the molecule is C[C@@H]1CN(c2cc(F)c(-c3ccc(N4CCN(C(=O)OC(C)(C)C)CC4)cc3)cc2NC(=O)c2cnc(OCC[Si](C)(C)C)cc2C(F)(F)F)C[C@H](C)N1C. The molecule has 1 N–H and O–H groups in total. The van der Waals surface area contributed by atoms with Gasteiger partial charge in [0.15, 0.2) is 0 Å². The average Bonchev–Trinajstić information content (AvgIpc) is 3.09. The number of halogens is 4. The number of benzene rings is 2. The first-order valence-electron chi connectivity index (χ1n) is 18.7. The van der Waals surface area contributed by atoms with Crippen molar-refractivity contribution in [2.24, 2.45) is 0 Å². The number of aromatic nitrogens is 1. The van der Waals surface area contributed by atoms with Gasteiger partial charge in [0.05, 0.1) is 29.1 Å². The molecule has 0 unspecified atom stereocenters. The largest absolute Gasteiger partial charge is 0.478 e. The molecule has 3 aromatic rings. The molecule has 2 fully saturated rings. The number of piperazine rings is 2. The van der Waals surface area contributed by atoms with Crippen molar-refractivity contribution in [3.63, 3.8) is 0 Å². The summed E-state index contributed by atoms with van der Waals surface area (Å²) < 4.78 is 70.4. The molecule has 0 spiro atoms. The molecule has 0 bridgehead atoms. The number of carbonyl (C=O) groups is 2. The molecule has 2 aliphatic rings. The Hall–Kier alpha value is -4.37. The van der Waals surface area contributed by atoms with Gasteiger partial charge in [-0.25, -0.2) is 14.2 Å². The number of hydrogen-bond acceptors (Lipinski definition) is 8. The lowest BCUT2D eigenvalue weighted by Gasteiger charge is -2.44. The van der Waals surface area contributed by atoms with Gasteiger partial charge in [-0.2, -0.15) is 13.2 Å². The molecule has 0 saturated carbocycles. The third kappa shape index (κ3) is 10.7. The summed E-state index contributed by atoms with van der Waals surface area (Å²) in [5.41, 5.74) is -0.291. The van der Waals surface area contributed by atoms with E-state index in [2.05, 4.69) is 39.7 Å². The van der Waals surface area contributed by atoms with E-state index in [1.54, 1.807) is 17.0 Å². The minimum Gasteiger partial charge on any atom is -0.478 e. The predicted octanol–water partition coefficient (Wildman–Crippen LogP) is 8.46. The quantitative estimate of drug-likeness (QED) is 0.171. The molecular weight excluding hydrogens is 733 g/mol. The zero-order valence-corrected chi connectivity index (χ0v) is 34.3. The number of nitrogens with zero attached hydrogens (tertiary/aromatic N) is 5. The molecule has 2 amide bonds. The van der Waals surface area contributed by atoms with Gasteiger partial charge in [0.25, 0.3) is 5.91 Å². The molecule has 2 atom stereocenters. The molecule has 5 rings (SSSR count). The summed E-state index contributed by atoms with van der Waals surface area (Å²) in [6.07, 6.45) is -4.33. The Morgan fingerprint density at radius 2 is 1.55 bits per heavy atom. The average molecular weight is 787 g/mol. The minimum atomic E-state index is -4.87. The van der Waals surface area contributed by atoms with Gasteiger partial charge in [-0.05, 0) is 77.5 Å². The van der Waals surface area contributed by atoms with E-state index in [4.69, 9.17) is 9.47 Å². The molecule has 0 aliphatic carbocycles. The fourth-order valence-corrected chi connectivity index (χ4v) is 7.37. The standard InChI is InChI=1S/C40H54F4N6O4Si/c1-26-24-50(25-27(2)47(26)6)35-22-33(41)30(28-10-12-29(13-11-28)48-14-16-49(17-15-48)38(52)54-39(3,4)5)20-34(35)46-37(51)31-23-45-36(21-32(31)40(42,43)44)53-18-19-55(7,8)9/h10-13,20-23,26-27H,14-19,24-25H2,1-9H3,(H,46,51)/t26-,27+. The van der Waals surface area contributed by atoms with Crippen molar-refractivity contribution >= 4 is 37.1 Å². The number of ether oxygens (including phenoxy) is 2. The third-order valence-electron chi connectivity index (χ3n) is 10.0. The van der Waals surface area contributed by atoms with Gasteiger partial charge in [0, 0.05) is 82.9 Å². The van der Waals surface area contributed by atoms with Crippen LogP contribution >= 0.6 is 0 Å². The molecule has 1 aromatic heterocycles. The summed E-state index contributed by atoms with van der Waals surface area (Å²) in [4.78, 5) is 38.3. The van der Waals surface area contributed by atoms with Crippen molar-refractivity contribution in [1.82, 2.24) is 14.8 Å². The maximum Gasteiger partial charge on any atom is 0.417 e. The second kappa shape index (κ2) is 16.4. The highest BCUT2D eigenvalue weighted by Crippen LogP contribution is 2.38. The number of pyridine rings is 1. The Labute approximate surface area is 322 Å². The van der Waals surface area contributed by atoms with Crippen LogP contribution in [-0.2, 0) is 10.9 Å². The third-order valence-corrected chi connectivity index (χ3v) is 11.7. The molecular formula is C40H54F4N6O4Si. The van der Waals surface area contributed by atoms with E-state index < -0.39 is 42.7 Å². The number of likely N-dealkylation sites (N-methyl/N-ethyl adjacent to an activating group) is 1. The van der Waals surface area contributed by atoms with E-state index in [0.29, 0.717) is 50.5 Å². The molecule has 55 heavy (non-hydrogen) atoms. The Kier molecular flexibility index (Phi) is 12.4. The van der Waals surface area contributed by atoms with Crippen LogP contribution in [0.4, 0.5) is 39.4 Å². The van der Waals surface area contributed by atoms with E-state index >= 15 is 4.39 Å². The topological polar surface area (TPSA) is 90.5 Å². The Balaban J connectivity index is 1.43. The number of hydrogen-bond donors (Lipinski definition) is 1. The summed E-state index contributed by atoms with van der Waals surface area (Å²) in [6, 6.07) is 11.8. The maximum absolute atomic E-state index is 16.2. The van der Waals surface area contributed by atoms with Crippen molar-refractivity contribution in [3.05, 3.63) is 65.6 Å². The van der Waals surface area contributed by atoms with Crippen molar-refractivity contribution in [3.8, 4) is 17.0 Å². The van der Waals surface area contributed by atoms with E-state index in [1.807, 2.05) is 58.7 Å². The maximum atomic E-state index is 16.2. The second-order valence-corrected chi connectivity index (χ2v) is 22.4. The number of amides is 2. The normalized spacial score (nSPS) is 18.7. The van der Waals surface area contributed by atoms with Gasteiger partial charge >= 0.3 is 12.3 Å². The zero-order chi connectivity index (χ0) is 40.5. The summed E-state index contributed by atoms with van der Waals surface area (Å²) in [6.45, 7) is 19.3. The number of anilines is 3. The molecule has 2 aliphatic heterocycles. The lowest BCUT2D eigenvalue weighted by Crippen LogP contribution is -2.55. The highest BCUT2D eigenvalue weighted by atomic mass is 28.3. The van der Waals surface area contributed by atoms with Crippen LogP contribution in [0.1, 0.15) is 50.5 Å². The summed E-state index contributed by atoms with van der Waals surface area (Å²) >= 11 is 0. The molecule has 300 valence electrons.